The predicted molar refractivity (Wildman–Crippen MR) is 134 cm³/mol. The van der Waals surface area contributed by atoms with Crippen LogP contribution in [0.5, 0.6) is 11.5 Å². The van der Waals surface area contributed by atoms with Crippen molar-refractivity contribution in [1.82, 2.24) is 0 Å². The van der Waals surface area contributed by atoms with Crippen LogP contribution in [-0.2, 0) is 20.2 Å². The van der Waals surface area contributed by atoms with Gasteiger partial charge in [0.25, 0.3) is 15.9 Å². The Morgan fingerprint density at radius 2 is 1.59 bits per heavy atom. The van der Waals surface area contributed by atoms with Crippen LogP contribution in [0.4, 0.5) is 5.69 Å². The SMILES string of the molecule is COc1ccc(N(C(=O)COc2ccc(C)cc2C(C)(C)C)S(=O)(=O)c2ccc(Cl)cc2)cc1. The van der Waals surface area contributed by atoms with Crippen molar-refractivity contribution in [3.8, 4) is 11.5 Å². The summed E-state index contributed by atoms with van der Waals surface area (Å²) in [6.45, 7) is 7.65. The third kappa shape index (κ3) is 5.72. The Morgan fingerprint density at radius 3 is 2.15 bits per heavy atom. The van der Waals surface area contributed by atoms with Gasteiger partial charge in [0.2, 0.25) is 0 Å². The zero-order valence-electron chi connectivity index (χ0n) is 19.8. The molecule has 1 amide bonds. The standard InChI is InChI=1S/C26H28ClNO5S/c1-18-6-15-24(23(16-18)26(2,3)4)33-17-25(29)28(20-9-11-21(32-5)12-10-20)34(30,31)22-13-7-19(27)8-14-22/h6-16H,17H2,1-5H3. The van der Waals surface area contributed by atoms with Gasteiger partial charge in [0, 0.05) is 5.02 Å². The fraction of sp³-hybridized carbons (Fsp3) is 0.269. The Hall–Kier alpha value is -3.03. The summed E-state index contributed by atoms with van der Waals surface area (Å²) in [7, 11) is -2.73. The molecular weight excluding hydrogens is 474 g/mol. The van der Waals surface area contributed by atoms with Gasteiger partial charge in [0.15, 0.2) is 6.61 Å². The van der Waals surface area contributed by atoms with Crippen molar-refractivity contribution in [3.05, 3.63) is 82.9 Å². The highest BCUT2D eigenvalue weighted by molar-refractivity contribution is 7.93. The molecule has 3 rings (SSSR count). The third-order valence-electron chi connectivity index (χ3n) is 5.18. The molecule has 180 valence electrons. The number of anilines is 1. The van der Waals surface area contributed by atoms with E-state index in [0.29, 0.717) is 16.5 Å². The number of carbonyl (C=O) groups is 1. The second-order valence-electron chi connectivity index (χ2n) is 8.85. The lowest BCUT2D eigenvalue weighted by Crippen LogP contribution is -2.40. The number of sulfonamides is 1. The number of carbonyl (C=O) groups excluding carboxylic acids is 1. The van der Waals surface area contributed by atoms with E-state index in [4.69, 9.17) is 21.1 Å². The smallest absolute Gasteiger partial charge is 0.278 e. The number of aryl methyl sites for hydroxylation is 1. The van der Waals surface area contributed by atoms with Crippen LogP contribution in [0.25, 0.3) is 0 Å². The monoisotopic (exact) mass is 501 g/mol. The molecule has 3 aromatic carbocycles. The lowest BCUT2D eigenvalue weighted by atomic mass is 9.85. The maximum atomic E-state index is 13.5. The molecule has 0 saturated carbocycles. The van der Waals surface area contributed by atoms with E-state index in [-0.39, 0.29) is 16.0 Å². The molecule has 0 aliphatic rings. The summed E-state index contributed by atoms with van der Waals surface area (Å²) >= 11 is 5.93. The number of nitrogens with zero attached hydrogens (tertiary/aromatic N) is 1. The van der Waals surface area contributed by atoms with Gasteiger partial charge in [0.05, 0.1) is 17.7 Å². The number of hydrogen-bond acceptors (Lipinski definition) is 5. The van der Waals surface area contributed by atoms with Crippen LogP contribution in [0, 0.1) is 6.92 Å². The largest absolute Gasteiger partial charge is 0.497 e. The highest BCUT2D eigenvalue weighted by atomic mass is 35.5. The first-order valence-corrected chi connectivity index (χ1v) is 12.5. The van der Waals surface area contributed by atoms with Crippen LogP contribution in [0.15, 0.2) is 71.6 Å². The fourth-order valence-electron chi connectivity index (χ4n) is 3.40. The number of amides is 1. The van der Waals surface area contributed by atoms with E-state index >= 15 is 0 Å². The zero-order chi connectivity index (χ0) is 25.1. The summed E-state index contributed by atoms with van der Waals surface area (Å²) in [5.41, 5.74) is 1.94. The zero-order valence-corrected chi connectivity index (χ0v) is 21.4. The van der Waals surface area contributed by atoms with E-state index in [1.165, 1.54) is 43.5 Å². The van der Waals surface area contributed by atoms with E-state index in [2.05, 4.69) is 0 Å². The first kappa shape index (κ1) is 25.6. The van der Waals surface area contributed by atoms with E-state index in [1.807, 2.05) is 39.8 Å². The molecule has 0 atom stereocenters. The number of ether oxygens (including phenoxy) is 2. The summed E-state index contributed by atoms with van der Waals surface area (Å²) < 4.78 is 38.8. The summed E-state index contributed by atoms with van der Waals surface area (Å²) in [5, 5.41) is 0.388. The normalized spacial score (nSPS) is 11.7. The number of methoxy groups -OCH3 is 1. The molecule has 6 nitrogen and oxygen atoms in total. The second-order valence-corrected chi connectivity index (χ2v) is 11.1. The van der Waals surface area contributed by atoms with Crippen molar-refractivity contribution in [3.63, 3.8) is 0 Å². The predicted octanol–water partition coefficient (Wildman–Crippen LogP) is 5.76. The molecule has 0 bridgehead atoms. The highest BCUT2D eigenvalue weighted by Gasteiger charge is 2.32. The molecule has 0 N–H and O–H groups in total. The Bertz CT molecular complexity index is 1260. The average molecular weight is 502 g/mol. The van der Waals surface area contributed by atoms with Gasteiger partial charge < -0.3 is 9.47 Å². The van der Waals surface area contributed by atoms with Crippen LogP contribution < -0.4 is 13.8 Å². The van der Waals surface area contributed by atoms with Gasteiger partial charge in [-0.2, -0.15) is 4.31 Å². The molecule has 0 heterocycles. The van der Waals surface area contributed by atoms with Gasteiger partial charge in [-0.3, -0.25) is 4.79 Å². The lowest BCUT2D eigenvalue weighted by Gasteiger charge is -2.25. The first-order valence-electron chi connectivity index (χ1n) is 10.6. The van der Waals surface area contributed by atoms with Crippen LogP contribution in [-0.4, -0.2) is 28.0 Å². The van der Waals surface area contributed by atoms with Crippen LogP contribution in [0.1, 0.15) is 31.9 Å². The van der Waals surface area contributed by atoms with Gasteiger partial charge in [-0.15, -0.1) is 0 Å². The Labute approximate surface area is 206 Å². The fourth-order valence-corrected chi connectivity index (χ4v) is 4.94. The van der Waals surface area contributed by atoms with Crippen LogP contribution >= 0.6 is 11.6 Å². The molecule has 0 aromatic heterocycles. The van der Waals surface area contributed by atoms with Crippen LogP contribution in [0.2, 0.25) is 5.02 Å². The van der Waals surface area contributed by atoms with Gasteiger partial charge >= 0.3 is 0 Å². The average Bonchev–Trinajstić information content (AvgIpc) is 2.78. The number of hydrogen-bond donors (Lipinski definition) is 0. The molecule has 0 unspecified atom stereocenters. The third-order valence-corrected chi connectivity index (χ3v) is 7.19. The van der Waals surface area contributed by atoms with Crippen molar-refractivity contribution in [2.24, 2.45) is 0 Å². The van der Waals surface area contributed by atoms with Crippen LogP contribution in [0.3, 0.4) is 0 Å². The Balaban J connectivity index is 1.98. The number of halogens is 1. The molecule has 3 aromatic rings. The summed E-state index contributed by atoms with van der Waals surface area (Å²) in [6.07, 6.45) is 0. The molecule has 0 fully saturated rings. The minimum atomic E-state index is -4.23. The number of benzene rings is 3. The summed E-state index contributed by atoms with van der Waals surface area (Å²) in [4.78, 5) is 13.3. The van der Waals surface area contributed by atoms with E-state index in [1.54, 1.807) is 18.2 Å². The summed E-state index contributed by atoms with van der Waals surface area (Å²) in [6, 6.07) is 17.5. The molecule has 0 aliphatic heterocycles. The second kappa shape index (κ2) is 10.1. The van der Waals surface area contributed by atoms with E-state index in [0.717, 1.165) is 15.4 Å². The molecule has 0 aliphatic carbocycles. The molecular formula is C26H28ClNO5S. The number of rotatable bonds is 7. The van der Waals surface area contributed by atoms with Gasteiger partial charge in [-0.25, -0.2) is 8.42 Å². The van der Waals surface area contributed by atoms with Gasteiger partial charge in [0.1, 0.15) is 11.5 Å². The van der Waals surface area contributed by atoms with Gasteiger partial charge in [-0.1, -0.05) is 50.1 Å². The molecule has 34 heavy (non-hydrogen) atoms. The van der Waals surface area contributed by atoms with E-state index in [9.17, 15) is 13.2 Å². The molecule has 8 heteroatoms. The topological polar surface area (TPSA) is 72.9 Å². The summed E-state index contributed by atoms with van der Waals surface area (Å²) in [5.74, 6) is 0.330. The van der Waals surface area contributed by atoms with Crippen molar-refractivity contribution in [2.75, 3.05) is 18.0 Å². The molecule has 0 spiro atoms. The maximum absolute atomic E-state index is 13.5. The lowest BCUT2D eigenvalue weighted by molar-refractivity contribution is -0.119. The van der Waals surface area contributed by atoms with Crippen molar-refractivity contribution in [1.29, 1.82) is 0 Å². The van der Waals surface area contributed by atoms with Crippen molar-refractivity contribution < 1.29 is 22.7 Å². The Kier molecular flexibility index (Phi) is 7.58. The van der Waals surface area contributed by atoms with Gasteiger partial charge in [-0.05, 0) is 72.5 Å². The quantitative estimate of drug-likeness (QED) is 0.412. The first-order chi connectivity index (χ1) is 15.9. The van der Waals surface area contributed by atoms with Crippen molar-refractivity contribution in [2.45, 2.75) is 38.0 Å². The molecule has 0 radical (unpaired) electrons. The minimum Gasteiger partial charge on any atom is -0.497 e. The minimum absolute atomic E-state index is 0.0632. The van der Waals surface area contributed by atoms with E-state index < -0.39 is 22.5 Å². The maximum Gasteiger partial charge on any atom is 0.278 e. The van der Waals surface area contributed by atoms with Crippen molar-refractivity contribution >= 4 is 33.2 Å². The molecule has 0 saturated heterocycles. The highest BCUT2D eigenvalue weighted by Crippen LogP contribution is 2.33. The Morgan fingerprint density at radius 1 is 0.971 bits per heavy atom.